The van der Waals surface area contributed by atoms with Crippen LogP contribution in [0, 0.1) is 7.14 Å². The second-order valence-electron chi connectivity index (χ2n) is 11.0. The molecule has 0 atom stereocenters. The predicted molar refractivity (Wildman–Crippen MR) is 175 cm³/mol. The van der Waals surface area contributed by atoms with E-state index < -0.39 is 10.1 Å². The van der Waals surface area contributed by atoms with Crippen LogP contribution >= 0.6 is 0 Å². The predicted octanol–water partition coefficient (Wildman–Crippen LogP) is 7.18. The zero-order valence-electron chi connectivity index (χ0n) is 25.2. The molecule has 226 valence electrons. The van der Waals surface area contributed by atoms with Crippen molar-refractivity contribution in [2.45, 2.75) is 82.4 Å². The van der Waals surface area contributed by atoms with E-state index in [4.69, 9.17) is 0 Å². The van der Waals surface area contributed by atoms with Crippen LogP contribution in [0.15, 0.2) is 114 Å². The molecule has 5 heteroatoms. The SMILES string of the molecule is CCCCCCCCCCCCc1ccccc1S(=O)(=O)[O-].c1ccc2c([I+]c3cccc4ccccc34)cccc2c1. The van der Waals surface area contributed by atoms with Crippen LogP contribution in [0.1, 0.15) is 76.7 Å². The first-order chi connectivity index (χ1) is 21.0. The maximum atomic E-state index is 11.2. The maximum Gasteiger partial charge on any atom is 0.359 e. The van der Waals surface area contributed by atoms with Gasteiger partial charge in [-0.05, 0) is 59.5 Å². The molecule has 0 saturated heterocycles. The fraction of sp³-hybridized carbons (Fsp3) is 0.316. The minimum absolute atomic E-state index is 0.0501. The van der Waals surface area contributed by atoms with Crippen molar-refractivity contribution < 1.29 is 34.2 Å². The molecule has 0 N–H and O–H groups in total. The van der Waals surface area contributed by atoms with Crippen molar-refractivity contribution in [3.05, 3.63) is 122 Å². The van der Waals surface area contributed by atoms with Gasteiger partial charge in [0, 0.05) is 10.8 Å². The third kappa shape index (κ3) is 10.4. The molecule has 0 heterocycles. The van der Waals surface area contributed by atoms with Crippen LogP contribution in [-0.4, -0.2) is 13.0 Å². The number of unbranched alkanes of at least 4 members (excludes halogenated alkanes) is 9. The zero-order valence-corrected chi connectivity index (χ0v) is 28.2. The summed E-state index contributed by atoms with van der Waals surface area (Å²) in [4.78, 5) is -0.0501. The Balaban J connectivity index is 0.000000197. The number of halogens is 1. The first-order valence-electron chi connectivity index (χ1n) is 15.6. The molecule has 3 nitrogen and oxygen atoms in total. The van der Waals surface area contributed by atoms with Gasteiger partial charge in [0.1, 0.15) is 10.1 Å². The molecule has 0 aliphatic rings. The van der Waals surface area contributed by atoms with Crippen LogP contribution < -0.4 is 21.2 Å². The summed E-state index contributed by atoms with van der Waals surface area (Å²) in [5, 5.41) is 5.49. The highest BCUT2D eigenvalue weighted by Gasteiger charge is 2.20. The molecule has 5 rings (SSSR count). The van der Waals surface area contributed by atoms with Gasteiger partial charge in [-0.15, -0.1) is 0 Å². The third-order valence-corrected chi connectivity index (χ3v) is 11.7. The molecule has 0 bridgehead atoms. The molecule has 0 unspecified atom stereocenters. The Labute approximate surface area is 268 Å². The van der Waals surface area contributed by atoms with Crippen molar-refractivity contribution in [3.63, 3.8) is 0 Å². The second kappa shape index (κ2) is 17.5. The molecule has 5 aromatic carbocycles. The fourth-order valence-electron chi connectivity index (χ4n) is 5.40. The Hall–Kier alpha value is -2.74. The Bertz CT molecular complexity index is 1590. The lowest BCUT2D eigenvalue weighted by molar-refractivity contribution is -0.592. The van der Waals surface area contributed by atoms with Gasteiger partial charge in [-0.25, -0.2) is 8.42 Å². The van der Waals surface area contributed by atoms with Gasteiger partial charge in [-0.3, -0.25) is 0 Å². The maximum absolute atomic E-state index is 11.2. The summed E-state index contributed by atoms with van der Waals surface area (Å²) < 4.78 is 36.5. The summed E-state index contributed by atoms with van der Waals surface area (Å²) in [5.74, 6) is 0. The number of aryl methyl sites for hydroxylation is 1. The quantitative estimate of drug-likeness (QED) is 0.0699. The number of benzene rings is 5. The highest BCUT2D eigenvalue weighted by Crippen LogP contribution is 2.19. The lowest BCUT2D eigenvalue weighted by atomic mass is 10.0. The summed E-state index contributed by atoms with van der Waals surface area (Å²) in [6.45, 7) is 2.23. The van der Waals surface area contributed by atoms with Crippen LogP contribution in [0.4, 0.5) is 0 Å². The van der Waals surface area contributed by atoms with Crippen LogP contribution in [0.5, 0.6) is 0 Å². The normalized spacial score (nSPS) is 11.4. The second-order valence-corrected chi connectivity index (χ2v) is 15.2. The molecule has 0 radical (unpaired) electrons. The Morgan fingerprint density at radius 2 is 0.977 bits per heavy atom. The van der Waals surface area contributed by atoms with Gasteiger partial charge < -0.3 is 4.55 Å². The highest BCUT2D eigenvalue weighted by atomic mass is 127. The van der Waals surface area contributed by atoms with Gasteiger partial charge in [-0.2, -0.15) is 0 Å². The molecule has 0 aliphatic carbocycles. The number of rotatable bonds is 14. The van der Waals surface area contributed by atoms with Gasteiger partial charge in [-0.1, -0.05) is 144 Å². The number of hydrogen-bond donors (Lipinski definition) is 0. The van der Waals surface area contributed by atoms with E-state index in [1.165, 1.54) is 86.1 Å². The average Bonchev–Trinajstić information content (AvgIpc) is 3.02. The van der Waals surface area contributed by atoms with Crippen molar-refractivity contribution in [3.8, 4) is 0 Å². The van der Waals surface area contributed by atoms with Crippen molar-refractivity contribution in [2.75, 3.05) is 0 Å². The lowest BCUT2D eigenvalue weighted by Gasteiger charge is -2.12. The monoisotopic (exact) mass is 706 g/mol. The van der Waals surface area contributed by atoms with Gasteiger partial charge in [0.2, 0.25) is 7.14 Å². The molecule has 0 saturated carbocycles. The smallest absolute Gasteiger partial charge is 0.359 e. The average molecular weight is 707 g/mol. The standard InChI is InChI=1S/C20H14I.C18H30O3S/c1-3-11-17-15(7-1)9-5-13-19(17)21-20-14-6-10-16-8-2-4-12-18(16)20;1-2-3-4-5-6-7-8-9-10-11-14-17-15-12-13-16-18(17)22(19,20)21/h1-14H;12-13,15-16H,2-11,14H2,1H3,(H,19,20,21)/q+1;/p-1. The topological polar surface area (TPSA) is 57.2 Å². The van der Waals surface area contributed by atoms with E-state index >= 15 is 0 Å². The summed E-state index contributed by atoms with van der Waals surface area (Å²) in [6, 6.07) is 37.3. The Morgan fingerprint density at radius 1 is 0.535 bits per heavy atom. The molecule has 0 spiro atoms. The summed E-state index contributed by atoms with van der Waals surface area (Å²) in [6.07, 6.45) is 13.2. The van der Waals surface area contributed by atoms with E-state index in [0.29, 0.717) is 12.0 Å². The largest absolute Gasteiger partial charge is 0.744 e. The van der Waals surface area contributed by atoms with Crippen molar-refractivity contribution in [1.29, 1.82) is 0 Å². The van der Waals surface area contributed by atoms with Gasteiger partial charge in [0.25, 0.3) is 0 Å². The Kier molecular flexibility index (Phi) is 13.5. The first-order valence-corrected chi connectivity index (χ1v) is 19.2. The highest BCUT2D eigenvalue weighted by molar-refractivity contribution is 7.85. The van der Waals surface area contributed by atoms with Crippen LogP contribution in [-0.2, 0) is 16.5 Å². The van der Waals surface area contributed by atoms with Gasteiger partial charge >= 0.3 is 21.2 Å². The molecular weight excluding hydrogens is 663 g/mol. The Morgan fingerprint density at radius 3 is 1.51 bits per heavy atom. The number of fused-ring (bicyclic) bond motifs is 2. The summed E-state index contributed by atoms with van der Waals surface area (Å²) >= 11 is -0.176. The first kappa shape index (κ1) is 33.2. The van der Waals surface area contributed by atoms with Crippen LogP contribution in [0.3, 0.4) is 0 Å². The molecule has 0 aliphatic heterocycles. The molecule has 0 aromatic heterocycles. The third-order valence-electron chi connectivity index (χ3n) is 7.72. The van der Waals surface area contributed by atoms with Crippen molar-refractivity contribution in [2.24, 2.45) is 0 Å². The summed E-state index contributed by atoms with van der Waals surface area (Å²) in [7, 11) is -4.35. The minimum Gasteiger partial charge on any atom is -0.744 e. The zero-order chi connectivity index (χ0) is 30.3. The lowest BCUT2D eigenvalue weighted by Crippen LogP contribution is -3.61. The fourth-order valence-corrected chi connectivity index (χ4v) is 9.10. The van der Waals surface area contributed by atoms with E-state index in [2.05, 4.69) is 91.9 Å². The molecule has 0 fully saturated rings. The van der Waals surface area contributed by atoms with Crippen molar-refractivity contribution >= 4 is 31.7 Å². The molecule has 0 amide bonds. The van der Waals surface area contributed by atoms with Gasteiger partial charge in [0.05, 0.1) is 4.90 Å². The number of hydrogen-bond acceptors (Lipinski definition) is 3. The molecule has 43 heavy (non-hydrogen) atoms. The van der Waals surface area contributed by atoms with E-state index in [-0.39, 0.29) is 26.1 Å². The van der Waals surface area contributed by atoms with Gasteiger partial charge in [0.15, 0.2) is 0 Å². The van der Waals surface area contributed by atoms with Crippen molar-refractivity contribution in [1.82, 2.24) is 0 Å². The van der Waals surface area contributed by atoms with E-state index in [1.54, 1.807) is 18.2 Å². The van der Waals surface area contributed by atoms with Crippen LogP contribution in [0.2, 0.25) is 0 Å². The molecular formula is C38H43IO3S. The molecule has 5 aromatic rings. The van der Waals surface area contributed by atoms with E-state index in [0.717, 1.165) is 12.8 Å². The van der Waals surface area contributed by atoms with Crippen LogP contribution in [0.25, 0.3) is 21.5 Å². The van der Waals surface area contributed by atoms with E-state index in [9.17, 15) is 13.0 Å². The minimum atomic E-state index is -4.35. The van der Waals surface area contributed by atoms with E-state index in [1.807, 2.05) is 0 Å². The summed E-state index contributed by atoms with van der Waals surface area (Å²) in [5.41, 5.74) is 0.664.